The van der Waals surface area contributed by atoms with Gasteiger partial charge in [-0.3, -0.25) is 14.3 Å². The Balaban J connectivity index is 1.98. The topological polar surface area (TPSA) is 95.9 Å². The fourth-order valence-corrected chi connectivity index (χ4v) is 5.12. The van der Waals surface area contributed by atoms with Crippen LogP contribution in [0.5, 0.6) is 5.75 Å². The lowest BCUT2D eigenvalue weighted by Gasteiger charge is -2.25. The number of sulfonamides is 1. The van der Waals surface area contributed by atoms with E-state index < -0.39 is 22.0 Å². The van der Waals surface area contributed by atoms with E-state index in [1.807, 2.05) is 6.92 Å². The van der Waals surface area contributed by atoms with Gasteiger partial charge in [-0.1, -0.05) is 24.1 Å². The predicted molar refractivity (Wildman–Crippen MR) is 103 cm³/mol. The zero-order chi connectivity index (χ0) is 20.3. The van der Waals surface area contributed by atoms with Crippen LogP contribution in [0.4, 0.5) is 5.69 Å². The Hall–Kier alpha value is -3.02. The van der Waals surface area contributed by atoms with Crippen molar-refractivity contribution in [2.45, 2.75) is 37.3 Å². The van der Waals surface area contributed by atoms with Gasteiger partial charge in [0.05, 0.1) is 23.0 Å². The molecule has 0 saturated carbocycles. The summed E-state index contributed by atoms with van der Waals surface area (Å²) in [5.41, 5.74) is 2.48. The fourth-order valence-electron chi connectivity index (χ4n) is 3.23. The van der Waals surface area contributed by atoms with Crippen LogP contribution in [0, 0.1) is 11.8 Å². The van der Waals surface area contributed by atoms with Crippen molar-refractivity contribution in [3.8, 4) is 17.6 Å². The number of ether oxygens (including phenoxy) is 1. The Morgan fingerprint density at radius 3 is 2.57 bits per heavy atom. The summed E-state index contributed by atoms with van der Waals surface area (Å²) in [6.07, 6.45) is -0.509. The lowest BCUT2D eigenvalue weighted by molar-refractivity contribution is -0.129. The number of nitrogens with one attached hydrogen (secondary N) is 1. The molecule has 28 heavy (non-hydrogen) atoms. The van der Waals surface area contributed by atoms with Gasteiger partial charge in [0, 0.05) is 0 Å². The van der Waals surface area contributed by atoms with E-state index >= 15 is 0 Å². The monoisotopic (exact) mass is 400 g/mol. The molecule has 0 bridgehead atoms. The molecule has 0 spiro atoms. The molecular weight excluding hydrogens is 380 g/mol. The van der Waals surface area contributed by atoms with E-state index in [0.29, 0.717) is 17.0 Å². The van der Waals surface area contributed by atoms with Crippen LogP contribution in [0.1, 0.15) is 31.9 Å². The number of benzene rings is 2. The summed E-state index contributed by atoms with van der Waals surface area (Å²) in [5.74, 6) is 5.53. The van der Waals surface area contributed by atoms with Crippen LogP contribution >= 0.6 is 0 Å². The number of rotatable bonds is 5. The Bertz CT molecular complexity index is 1040. The molecule has 1 heterocycles. The molecule has 3 rings (SSSR count). The van der Waals surface area contributed by atoms with E-state index in [2.05, 4.69) is 11.8 Å². The van der Waals surface area contributed by atoms with Crippen LogP contribution in [0.2, 0.25) is 0 Å². The van der Waals surface area contributed by atoms with Gasteiger partial charge in [0.2, 0.25) is 5.91 Å². The molecule has 0 saturated heterocycles. The van der Waals surface area contributed by atoms with Crippen LogP contribution in [-0.4, -0.2) is 25.6 Å². The van der Waals surface area contributed by atoms with Crippen molar-refractivity contribution in [2.24, 2.45) is 0 Å². The summed E-state index contributed by atoms with van der Waals surface area (Å²) in [4.78, 5) is 11.9. The zero-order valence-corrected chi connectivity index (χ0v) is 16.2. The highest BCUT2D eigenvalue weighted by atomic mass is 32.2. The average Bonchev–Trinajstić information content (AvgIpc) is 2.90. The SMILES string of the molecule is CC#CC(C)Oc1ccc(N2C(CC(=O)NO)c3ccccc3S2(=O)=O)cc1. The number of hydrogen-bond acceptors (Lipinski definition) is 5. The van der Waals surface area contributed by atoms with E-state index in [1.165, 1.54) is 10.4 Å². The molecule has 7 nitrogen and oxygen atoms in total. The summed E-state index contributed by atoms with van der Waals surface area (Å²) in [5, 5.41) is 8.90. The van der Waals surface area contributed by atoms with Crippen molar-refractivity contribution >= 4 is 21.6 Å². The molecule has 8 heteroatoms. The van der Waals surface area contributed by atoms with Crippen molar-refractivity contribution in [1.82, 2.24) is 5.48 Å². The second kappa shape index (κ2) is 7.92. The number of fused-ring (bicyclic) bond motifs is 1. The molecule has 2 aromatic carbocycles. The van der Waals surface area contributed by atoms with E-state index in [9.17, 15) is 13.2 Å². The van der Waals surface area contributed by atoms with Crippen LogP contribution in [0.3, 0.4) is 0 Å². The second-order valence-corrected chi connectivity index (χ2v) is 8.03. The van der Waals surface area contributed by atoms with Gasteiger partial charge in [0.25, 0.3) is 10.0 Å². The fraction of sp³-hybridized carbons (Fsp3) is 0.250. The summed E-state index contributed by atoms with van der Waals surface area (Å²) in [7, 11) is -3.84. The van der Waals surface area contributed by atoms with Crippen molar-refractivity contribution < 1.29 is 23.2 Å². The highest BCUT2D eigenvalue weighted by molar-refractivity contribution is 7.93. The van der Waals surface area contributed by atoms with Gasteiger partial charge in [-0.2, -0.15) is 0 Å². The zero-order valence-electron chi connectivity index (χ0n) is 15.4. The van der Waals surface area contributed by atoms with Crippen LogP contribution in [-0.2, 0) is 14.8 Å². The molecular formula is C20H20N2O5S. The third kappa shape index (κ3) is 3.67. The molecule has 2 atom stereocenters. The maximum absolute atomic E-state index is 13.1. The summed E-state index contributed by atoms with van der Waals surface area (Å²) in [6, 6.07) is 12.3. The largest absolute Gasteiger partial charge is 0.478 e. The molecule has 1 aliphatic heterocycles. The van der Waals surface area contributed by atoms with Gasteiger partial charge in [-0.05, 0) is 49.7 Å². The Labute approximate surface area is 163 Å². The Kier molecular flexibility index (Phi) is 5.58. The van der Waals surface area contributed by atoms with Gasteiger partial charge in [-0.25, -0.2) is 13.9 Å². The molecule has 2 unspecified atom stereocenters. The lowest BCUT2D eigenvalue weighted by atomic mass is 10.0. The molecule has 0 aliphatic carbocycles. The molecule has 2 aromatic rings. The van der Waals surface area contributed by atoms with E-state index in [0.717, 1.165) is 0 Å². The quantitative estimate of drug-likeness (QED) is 0.457. The molecule has 146 valence electrons. The van der Waals surface area contributed by atoms with Crippen molar-refractivity contribution in [3.63, 3.8) is 0 Å². The van der Waals surface area contributed by atoms with Crippen molar-refractivity contribution in [1.29, 1.82) is 0 Å². The van der Waals surface area contributed by atoms with Gasteiger partial charge in [-0.15, -0.1) is 5.92 Å². The van der Waals surface area contributed by atoms with Gasteiger partial charge in [0.1, 0.15) is 5.75 Å². The first-order valence-corrected chi connectivity index (χ1v) is 10.1. The molecule has 0 fully saturated rings. The number of anilines is 1. The summed E-state index contributed by atoms with van der Waals surface area (Å²) < 4.78 is 33.0. The Morgan fingerprint density at radius 1 is 1.25 bits per heavy atom. The van der Waals surface area contributed by atoms with E-state index in [1.54, 1.807) is 54.9 Å². The van der Waals surface area contributed by atoms with Crippen LogP contribution in [0.25, 0.3) is 0 Å². The highest BCUT2D eigenvalue weighted by Crippen LogP contribution is 2.44. The molecule has 0 aromatic heterocycles. The van der Waals surface area contributed by atoms with Crippen molar-refractivity contribution in [2.75, 3.05) is 4.31 Å². The third-order valence-electron chi connectivity index (χ3n) is 4.35. The second-order valence-electron chi connectivity index (χ2n) is 6.24. The number of carbonyl (C=O) groups excluding carboxylic acids is 1. The number of hydroxylamine groups is 1. The van der Waals surface area contributed by atoms with Gasteiger partial charge < -0.3 is 4.74 Å². The molecule has 1 aliphatic rings. The van der Waals surface area contributed by atoms with Crippen LogP contribution < -0.4 is 14.5 Å². The van der Waals surface area contributed by atoms with Gasteiger partial charge in [0.15, 0.2) is 6.10 Å². The van der Waals surface area contributed by atoms with E-state index in [4.69, 9.17) is 9.94 Å². The minimum Gasteiger partial charge on any atom is -0.478 e. The normalized spacial score (nSPS) is 17.8. The standard InChI is InChI=1S/C20H20N2O5S/c1-3-6-14(2)27-16-11-9-15(10-12-16)22-18(13-20(23)21-24)17-7-4-5-8-19(17)28(22,25)26/h4-5,7-12,14,18,24H,13H2,1-2H3,(H,21,23). The smallest absolute Gasteiger partial charge is 0.265 e. The lowest BCUT2D eigenvalue weighted by Crippen LogP contribution is -2.32. The average molecular weight is 400 g/mol. The molecule has 0 radical (unpaired) electrons. The minimum atomic E-state index is -3.84. The maximum Gasteiger partial charge on any atom is 0.265 e. The van der Waals surface area contributed by atoms with Gasteiger partial charge >= 0.3 is 0 Å². The van der Waals surface area contributed by atoms with Crippen LogP contribution in [0.15, 0.2) is 53.4 Å². The number of carbonyl (C=O) groups is 1. The highest BCUT2D eigenvalue weighted by Gasteiger charge is 2.43. The van der Waals surface area contributed by atoms with E-state index in [-0.39, 0.29) is 17.4 Å². The first-order chi connectivity index (χ1) is 13.4. The minimum absolute atomic E-state index is 0.151. The first-order valence-electron chi connectivity index (χ1n) is 8.63. The number of nitrogens with zero attached hydrogens (tertiary/aromatic N) is 1. The third-order valence-corrected chi connectivity index (χ3v) is 6.26. The maximum atomic E-state index is 13.1. The molecule has 1 amide bonds. The predicted octanol–water partition coefficient (Wildman–Crippen LogP) is 2.62. The number of hydrogen-bond donors (Lipinski definition) is 2. The summed E-state index contributed by atoms with van der Waals surface area (Å²) in [6.45, 7) is 3.54. The number of amides is 1. The molecule has 2 N–H and O–H groups in total. The first kappa shape index (κ1) is 19.7. The summed E-state index contributed by atoms with van der Waals surface area (Å²) >= 11 is 0. The Morgan fingerprint density at radius 2 is 1.93 bits per heavy atom. The van der Waals surface area contributed by atoms with Crippen molar-refractivity contribution in [3.05, 3.63) is 54.1 Å².